The van der Waals surface area contributed by atoms with Crippen LogP contribution >= 0.6 is 12.4 Å². The van der Waals surface area contributed by atoms with Crippen molar-refractivity contribution < 1.29 is 4.74 Å². The molecule has 2 aromatic rings. The number of hydrogen-bond acceptors (Lipinski definition) is 2. The number of ether oxygens (including phenoxy) is 1. The molecule has 2 nitrogen and oxygen atoms in total. The van der Waals surface area contributed by atoms with Gasteiger partial charge in [-0.05, 0) is 57.1 Å². The standard InChI is InChI=1S/C19H25NO.ClH/c1-16(20(2)3)9-10-17-11-13-19(14-12-17)21-15-18-7-5-4-6-8-18;/h4-8,11-14,16H,9-10,15H2,1-3H3;1H. The van der Waals surface area contributed by atoms with Crippen molar-refractivity contribution in [2.45, 2.75) is 32.4 Å². The van der Waals surface area contributed by atoms with Crippen molar-refractivity contribution in [3.63, 3.8) is 0 Å². The molecule has 2 rings (SSSR count). The van der Waals surface area contributed by atoms with Crippen LogP contribution in [0.25, 0.3) is 0 Å². The van der Waals surface area contributed by atoms with Gasteiger partial charge in [0.25, 0.3) is 0 Å². The lowest BCUT2D eigenvalue weighted by Crippen LogP contribution is -2.24. The van der Waals surface area contributed by atoms with Gasteiger partial charge in [-0.3, -0.25) is 0 Å². The Kier molecular flexibility index (Phi) is 8.00. The third-order valence-corrected chi connectivity index (χ3v) is 3.90. The molecule has 0 saturated carbocycles. The minimum atomic E-state index is 0. The average molecular weight is 320 g/mol. The minimum absolute atomic E-state index is 0. The molecular weight excluding hydrogens is 294 g/mol. The number of aryl methyl sites for hydroxylation is 1. The zero-order valence-corrected chi connectivity index (χ0v) is 14.5. The van der Waals surface area contributed by atoms with E-state index < -0.39 is 0 Å². The second-order valence-electron chi connectivity index (χ2n) is 5.77. The third-order valence-electron chi connectivity index (χ3n) is 3.90. The molecule has 0 saturated heterocycles. The second kappa shape index (κ2) is 9.50. The van der Waals surface area contributed by atoms with E-state index in [1.165, 1.54) is 17.5 Å². The summed E-state index contributed by atoms with van der Waals surface area (Å²) in [5.74, 6) is 0.934. The summed E-state index contributed by atoms with van der Waals surface area (Å²) in [7, 11) is 4.26. The molecule has 0 aliphatic carbocycles. The van der Waals surface area contributed by atoms with Crippen LogP contribution in [0.4, 0.5) is 0 Å². The fraction of sp³-hybridized carbons (Fsp3) is 0.368. The van der Waals surface area contributed by atoms with Crippen LogP contribution in [0.1, 0.15) is 24.5 Å². The maximum absolute atomic E-state index is 5.80. The van der Waals surface area contributed by atoms with E-state index in [1.807, 2.05) is 18.2 Å². The Morgan fingerprint density at radius 2 is 1.55 bits per heavy atom. The quantitative estimate of drug-likeness (QED) is 0.741. The summed E-state index contributed by atoms with van der Waals surface area (Å²) in [5, 5.41) is 0. The predicted octanol–water partition coefficient (Wildman–Crippen LogP) is 4.57. The van der Waals surface area contributed by atoms with Crippen LogP contribution in [0.15, 0.2) is 54.6 Å². The number of benzene rings is 2. The van der Waals surface area contributed by atoms with Crippen LogP contribution < -0.4 is 4.74 Å². The van der Waals surface area contributed by atoms with Gasteiger partial charge in [-0.25, -0.2) is 0 Å². The maximum Gasteiger partial charge on any atom is 0.119 e. The van der Waals surface area contributed by atoms with Crippen molar-refractivity contribution in [2.75, 3.05) is 14.1 Å². The van der Waals surface area contributed by atoms with Crippen molar-refractivity contribution in [3.05, 3.63) is 65.7 Å². The Bertz CT molecular complexity index is 525. The fourth-order valence-electron chi connectivity index (χ4n) is 2.13. The molecule has 0 heterocycles. The molecule has 2 aromatic carbocycles. The second-order valence-corrected chi connectivity index (χ2v) is 5.77. The molecule has 3 heteroatoms. The molecule has 0 aromatic heterocycles. The lowest BCUT2D eigenvalue weighted by atomic mass is 10.1. The van der Waals surface area contributed by atoms with Crippen molar-refractivity contribution in [2.24, 2.45) is 0 Å². The van der Waals surface area contributed by atoms with E-state index in [4.69, 9.17) is 4.74 Å². The van der Waals surface area contributed by atoms with Crippen LogP contribution in [0.5, 0.6) is 5.75 Å². The predicted molar refractivity (Wildman–Crippen MR) is 95.9 cm³/mol. The molecule has 0 amide bonds. The van der Waals surface area contributed by atoms with E-state index in [1.54, 1.807) is 0 Å². The van der Waals surface area contributed by atoms with Gasteiger partial charge in [0.05, 0.1) is 0 Å². The number of hydrogen-bond donors (Lipinski definition) is 0. The summed E-state index contributed by atoms with van der Waals surface area (Å²) in [5.41, 5.74) is 2.57. The maximum atomic E-state index is 5.80. The lowest BCUT2D eigenvalue weighted by Gasteiger charge is -2.19. The molecule has 1 atom stereocenters. The zero-order valence-electron chi connectivity index (χ0n) is 13.7. The van der Waals surface area contributed by atoms with E-state index in [0.717, 1.165) is 12.2 Å². The molecule has 0 radical (unpaired) electrons. The first-order chi connectivity index (χ1) is 10.1. The third kappa shape index (κ3) is 6.08. The SMILES string of the molecule is CC(CCc1ccc(OCc2ccccc2)cc1)N(C)C.Cl. The van der Waals surface area contributed by atoms with Gasteiger partial charge in [0, 0.05) is 6.04 Å². The van der Waals surface area contributed by atoms with Gasteiger partial charge in [-0.15, -0.1) is 12.4 Å². The fourth-order valence-corrected chi connectivity index (χ4v) is 2.13. The smallest absolute Gasteiger partial charge is 0.119 e. The zero-order chi connectivity index (χ0) is 15.1. The number of halogens is 1. The topological polar surface area (TPSA) is 12.5 Å². The van der Waals surface area contributed by atoms with Gasteiger partial charge in [0.1, 0.15) is 12.4 Å². The Balaban J connectivity index is 0.00000242. The Labute approximate surface area is 140 Å². The van der Waals surface area contributed by atoms with Crippen LogP contribution in [0.2, 0.25) is 0 Å². The van der Waals surface area contributed by atoms with E-state index >= 15 is 0 Å². The monoisotopic (exact) mass is 319 g/mol. The number of rotatable bonds is 7. The van der Waals surface area contributed by atoms with Crippen LogP contribution in [-0.2, 0) is 13.0 Å². The molecule has 0 aliphatic heterocycles. The summed E-state index contributed by atoms with van der Waals surface area (Å²) in [4.78, 5) is 2.26. The highest BCUT2D eigenvalue weighted by Crippen LogP contribution is 2.16. The van der Waals surface area contributed by atoms with E-state index in [9.17, 15) is 0 Å². The molecule has 0 spiro atoms. The lowest BCUT2D eigenvalue weighted by molar-refractivity contribution is 0.298. The summed E-state index contributed by atoms with van der Waals surface area (Å²) in [6.45, 7) is 2.88. The first kappa shape index (κ1) is 18.5. The summed E-state index contributed by atoms with van der Waals surface area (Å²) < 4.78 is 5.80. The van der Waals surface area contributed by atoms with Crippen LogP contribution in [-0.4, -0.2) is 25.0 Å². The van der Waals surface area contributed by atoms with Gasteiger partial charge < -0.3 is 9.64 Å². The van der Waals surface area contributed by atoms with Crippen molar-refractivity contribution in [1.82, 2.24) is 4.90 Å². The van der Waals surface area contributed by atoms with Gasteiger partial charge >= 0.3 is 0 Å². The first-order valence-corrected chi connectivity index (χ1v) is 7.57. The molecule has 22 heavy (non-hydrogen) atoms. The van der Waals surface area contributed by atoms with Gasteiger partial charge in [-0.2, -0.15) is 0 Å². The minimum Gasteiger partial charge on any atom is -0.489 e. The molecule has 120 valence electrons. The average Bonchev–Trinajstić information content (AvgIpc) is 2.52. The Morgan fingerprint density at radius 1 is 0.909 bits per heavy atom. The Hall–Kier alpha value is -1.51. The summed E-state index contributed by atoms with van der Waals surface area (Å²) in [6.07, 6.45) is 2.29. The van der Waals surface area contributed by atoms with Crippen molar-refractivity contribution in [1.29, 1.82) is 0 Å². The normalized spacial score (nSPS) is 11.8. The van der Waals surface area contributed by atoms with Crippen LogP contribution in [0, 0.1) is 0 Å². The first-order valence-electron chi connectivity index (χ1n) is 7.57. The highest BCUT2D eigenvalue weighted by atomic mass is 35.5. The van der Waals surface area contributed by atoms with Crippen molar-refractivity contribution in [3.8, 4) is 5.75 Å². The molecule has 0 aliphatic rings. The largest absolute Gasteiger partial charge is 0.489 e. The molecule has 0 N–H and O–H groups in total. The molecule has 0 fully saturated rings. The molecule has 0 bridgehead atoms. The van der Waals surface area contributed by atoms with Gasteiger partial charge in [-0.1, -0.05) is 42.5 Å². The van der Waals surface area contributed by atoms with Gasteiger partial charge in [0.15, 0.2) is 0 Å². The van der Waals surface area contributed by atoms with Gasteiger partial charge in [0.2, 0.25) is 0 Å². The van der Waals surface area contributed by atoms with E-state index in [0.29, 0.717) is 12.6 Å². The van der Waals surface area contributed by atoms with Crippen molar-refractivity contribution >= 4 is 12.4 Å². The molecule has 1 unspecified atom stereocenters. The molecular formula is C19H26ClNO. The van der Waals surface area contributed by atoms with Crippen LogP contribution in [0.3, 0.4) is 0 Å². The summed E-state index contributed by atoms with van der Waals surface area (Å²) in [6, 6.07) is 19.3. The highest BCUT2D eigenvalue weighted by Gasteiger charge is 2.04. The summed E-state index contributed by atoms with van der Waals surface area (Å²) >= 11 is 0. The Morgan fingerprint density at radius 3 is 2.14 bits per heavy atom. The van der Waals surface area contributed by atoms with E-state index in [2.05, 4.69) is 62.3 Å². The highest BCUT2D eigenvalue weighted by molar-refractivity contribution is 5.85. The van der Waals surface area contributed by atoms with E-state index in [-0.39, 0.29) is 12.4 Å². The number of nitrogens with zero attached hydrogens (tertiary/aromatic N) is 1.